The monoisotopic (exact) mass is 259 g/mol. The maximum absolute atomic E-state index is 11.8. The fourth-order valence-electron chi connectivity index (χ4n) is 2.11. The molecular formula is C15H15O4. The zero-order valence-electron chi connectivity index (χ0n) is 11.4. The molecule has 1 aliphatic carbocycles. The second-order valence-electron chi connectivity index (χ2n) is 4.59. The number of carbonyl (C=O) groups excluding carboxylic acids is 2. The molecule has 0 aromatic heterocycles. The molecule has 1 aliphatic heterocycles. The Morgan fingerprint density at radius 3 is 2.21 bits per heavy atom. The molecule has 0 atom stereocenters. The van der Waals surface area contributed by atoms with Crippen LogP contribution in [0.3, 0.4) is 0 Å². The minimum atomic E-state index is -0.584. The van der Waals surface area contributed by atoms with E-state index in [2.05, 4.69) is 0 Å². The van der Waals surface area contributed by atoms with Crippen molar-refractivity contribution in [3.05, 3.63) is 53.6 Å². The first-order chi connectivity index (χ1) is 8.95. The fourth-order valence-corrected chi connectivity index (χ4v) is 2.11. The fraction of sp³-hybridized carbons (Fsp3) is 0.267. The Labute approximate surface area is 113 Å². The van der Waals surface area contributed by atoms with Gasteiger partial charge in [0.25, 0.3) is 0 Å². The lowest BCUT2D eigenvalue weighted by Crippen LogP contribution is -2.06. The average molecular weight is 259 g/mol. The first kappa shape index (κ1) is 14.0. The van der Waals surface area contributed by atoms with Gasteiger partial charge in [-0.25, -0.2) is 9.59 Å². The molecule has 1 saturated carbocycles. The van der Waals surface area contributed by atoms with Crippen molar-refractivity contribution in [1.29, 1.82) is 0 Å². The molecule has 2 aliphatic rings. The topological polar surface area (TPSA) is 52.6 Å². The Morgan fingerprint density at radius 2 is 1.68 bits per heavy atom. The molecule has 99 valence electrons. The van der Waals surface area contributed by atoms with Crippen molar-refractivity contribution in [2.24, 2.45) is 0 Å². The molecule has 0 unspecified atom stereocenters. The van der Waals surface area contributed by atoms with Gasteiger partial charge < -0.3 is 9.47 Å². The normalized spacial score (nSPS) is 24.1. The summed E-state index contributed by atoms with van der Waals surface area (Å²) >= 11 is 0. The van der Waals surface area contributed by atoms with Gasteiger partial charge in [-0.1, -0.05) is 11.1 Å². The van der Waals surface area contributed by atoms with Gasteiger partial charge in [0.1, 0.15) is 6.10 Å². The quantitative estimate of drug-likeness (QED) is 0.433. The number of cyclic esters (lactones) is 2. The van der Waals surface area contributed by atoms with Crippen LogP contribution in [-0.2, 0) is 19.1 Å². The summed E-state index contributed by atoms with van der Waals surface area (Å²) in [7, 11) is 1.58. The summed E-state index contributed by atoms with van der Waals surface area (Å²) in [5.41, 5.74) is 2.19. The number of hydrogen-bond donors (Lipinski definition) is 0. The van der Waals surface area contributed by atoms with Gasteiger partial charge in [0.05, 0.1) is 11.1 Å². The molecular weight excluding hydrogens is 244 g/mol. The third kappa shape index (κ3) is 2.50. The van der Waals surface area contributed by atoms with Gasteiger partial charge in [-0.05, 0) is 27.2 Å². The summed E-state index contributed by atoms with van der Waals surface area (Å²) in [6, 6.07) is 0. The van der Waals surface area contributed by atoms with Crippen LogP contribution in [0.5, 0.6) is 0 Å². The summed E-state index contributed by atoms with van der Waals surface area (Å²) < 4.78 is 9.81. The Morgan fingerprint density at radius 1 is 1.05 bits per heavy atom. The lowest BCUT2D eigenvalue weighted by atomic mass is 9.90. The third-order valence-corrected chi connectivity index (χ3v) is 3.11. The van der Waals surface area contributed by atoms with Gasteiger partial charge in [-0.15, -0.1) is 0 Å². The van der Waals surface area contributed by atoms with E-state index < -0.39 is 11.9 Å². The van der Waals surface area contributed by atoms with E-state index in [1.165, 1.54) is 0 Å². The number of esters is 2. The number of methoxy groups -OCH3 is 1. The van der Waals surface area contributed by atoms with E-state index in [0.29, 0.717) is 17.3 Å². The summed E-state index contributed by atoms with van der Waals surface area (Å²) in [5.74, 6) is -0.311. The molecule has 0 amide bonds. The highest BCUT2D eigenvalue weighted by Gasteiger charge is 2.39. The Bertz CT molecular complexity index is 480. The van der Waals surface area contributed by atoms with Crippen LogP contribution in [0.4, 0.5) is 0 Å². The van der Waals surface area contributed by atoms with Crippen LogP contribution in [0.1, 0.15) is 20.8 Å². The molecule has 0 N–H and O–H groups in total. The summed E-state index contributed by atoms with van der Waals surface area (Å²) in [6.07, 6.45) is 6.19. The van der Waals surface area contributed by atoms with Crippen LogP contribution in [-0.4, -0.2) is 19.0 Å². The predicted octanol–water partition coefficient (Wildman–Crippen LogP) is 2.10. The van der Waals surface area contributed by atoms with Crippen molar-refractivity contribution in [3.63, 3.8) is 0 Å². The second-order valence-corrected chi connectivity index (χ2v) is 4.59. The molecule has 0 aromatic carbocycles. The minimum absolute atomic E-state index is 0.346. The Hall–Kier alpha value is -1.42. The molecule has 0 aromatic rings. The highest BCUT2D eigenvalue weighted by Crippen LogP contribution is 2.40. The Kier molecular flexibility index (Phi) is 3.90. The van der Waals surface area contributed by atoms with Crippen molar-refractivity contribution in [2.75, 3.05) is 7.11 Å². The molecule has 4 nitrogen and oxygen atoms in total. The molecule has 1 saturated heterocycles. The van der Waals surface area contributed by atoms with Gasteiger partial charge in [0.15, 0.2) is 0 Å². The highest BCUT2D eigenvalue weighted by atomic mass is 16.6. The molecule has 0 bridgehead atoms. The average Bonchev–Trinajstić information content (AvgIpc) is 2.92. The van der Waals surface area contributed by atoms with Crippen LogP contribution >= 0.6 is 0 Å². The van der Waals surface area contributed by atoms with E-state index in [4.69, 9.17) is 9.47 Å². The van der Waals surface area contributed by atoms with Gasteiger partial charge in [0.2, 0.25) is 0 Å². The molecule has 4 heteroatoms. The molecule has 2 rings (SSSR count). The van der Waals surface area contributed by atoms with Gasteiger partial charge >= 0.3 is 11.9 Å². The number of ether oxygens (including phenoxy) is 2. The van der Waals surface area contributed by atoms with Crippen molar-refractivity contribution in [3.8, 4) is 0 Å². The second kappa shape index (κ2) is 5.29. The standard InChI is InChI=1S/C15H15O4/c1-8(2)12-13(15(17)19-14(12)16)9(3)10-5-6-11(7-10)18-4/h5-7H,1-4H3/b13-9+. The molecule has 1 heterocycles. The number of carbonyl (C=O) groups is 2. The number of rotatable bonds is 2. The van der Waals surface area contributed by atoms with E-state index >= 15 is 0 Å². The van der Waals surface area contributed by atoms with Gasteiger partial charge in [-0.3, -0.25) is 0 Å². The van der Waals surface area contributed by atoms with Crippen LogP contribution in [0.2, 0.25) is 0 Å². The van der Waals surface area contributed by atoms with Crippen molar-refractivity contribution in [2.45, 2.75) is 20.8 Å². The smallest absolute Gasteiger partial charge is 0.346 e. The predicted molar refractivity (Wildman–Crippen MR) is 68.6 cm³/mol. The summed E-state index contributed by atoms with van der Waals surface area (Å²) in [5, 5.41) is 0. The molecule has 19 heavy (non-hydrogen) atoms. The van der Waals surface area contributed by atoms with Crippen molar-refractivity contribution < 1.29 is 19.1 Å². The van der Waals surface area contributed by atoms with E-state index in [9.17, 15) is 9.59 Å². The third-order valence-electron chi connectivity index (χ3n) is 3.11. The van der Waals surface area contributed by atoms with E-state index in [1.807, 2.05) is 19.3 Å². The van der Waals surface area contributed by atoms with Gasteiger partial charge in [0, 0.05) is 25.9 Å². The van der Waals surface area contributed by atoms with Crippen LogP contribution < -0.4 is 0 Å². The SMILES string of the molecule is CO[C]1[CH][CH][C](/C(C)=C2/C(=O)OC(=O)C2=C(C)C)[CH]1. The highest BCUT2D eigenvalue weighted by molar-refractivity contribution is 6.19. The zero-order chi connectivity index (χ0) is 14.2. The van der Waals surface area contributed by atoms with Crippen LogP contribution in [0.25, 0.3) is 0 Å². The molecule has 0 spiro atoms. The maximum Gasteiger partial charge on any atom is 0.346 e. The molecule has 2 fully saturated rings. The lowest BCUT2D eigenvalue weighted by Gasteiger charge is -2.12. The summed E-state index contributed by atoms with van der Waals surface area (Å²) in [4.78, 5) is 23.5. The first-order valence-corrected chi connectivity index (χ1v) is 5.92. The maximum atomic E-state index is 11.8. The largest absolute Gasteiger partial charge is 0.386 e. The summed E-state index contributed by atoms with van der Waals surface area (Å²) in [6.45, 7) is 5.37. The van der Waals surface area contributed by atoms with E-state index in [0.717, 1.165) is 17.1 Å². The van der Waals surface area contributed by atoms with Crippen LogP contribution in [0.15, 0.2) is 22.3 Å². The van der Waals surface area contributed by atoms with E-state index in [1.54, 1.807) is 27.9 Å². The van der Waals surface area contributed by atoms with Crippen molar-refractivity contribution in [1.82, 2.24) is 0 Å². The van der Waals surface area contributed by atoms with Crippen molar-refractivity contribution >= 4 is 11.9 Å². The number of hydrogen-bond acceptors (Lipinski definition) is 4. The zero-order valence-corrected chi connectivity index (χ0v) is 11.4. The van der Waals surface area contributed by atoms with Crippen LogP contribution in [0, 0.1) is 31.3 Å². The Balaban J connectivity index is 2.37. The number of allylic oxidation sites excluding steroid dienone is 2. The van der Waals surface area contributed by atoms with E-state index in [-0.39, 0.29) is 0 Å². The van der Waals surface area contributed by atoms with Gasteiger partial charge in [-0.2, -0.15) is 0 Å². The minimum Gasteiger partial charge on any atom is -0.386 e. The lowest BCUT2D eigenvalue weighted by molar-refractivity contribution is -0.149. The first-order valence-electron chi connectivity index (χ1n) is 5.92. The molecule has 5 radical (unpaired) electrons.